The summed E-state index contributed by atoms with van der Waals surface area (Å²) in [5.41, 5.74) is 0.493. The van der Waals surface area contributed by atoms with Crippen LogP contribution in [0.15, 0.2) is 18.2 Å². The van der Waals surface area contributed by atoms with E-state index in [1.807, 2.05) is 4.90 Å². The fourth-order valence-corrected chi connectivity index (χ4v) is 3.19. The van der Waals surface area contributed by atoms with Crippen LogP contribution in [-0.4, -0.2) is 41.0 Å². The molecule has 0 radical (unpaired) electrons. The number of nitro groups is 1. The van der Waals surface area contributed by atoms with Crippen LogP contribution >= 0.6 is 0 Å². The summed E-state index contributed by atoms with van der Waals surface area (Å²) in [4.78, 5) is 36.5. The van der Waals surface area contributed by atoms with Crippen LogP contribution in [0.25, 0.3) is 0 Å². The van der Waals surface area contributed by atoms with Crippen molar-refractivity contribution in [3.63, 3.8) is 0 Å². The van der Waals surface area contributed by atoms with E-state index in [9.17, 15) is 24.8 Å². The lowest BCUT2D eigenvalue weighted by atomic mass is 10.1. The third-order valence-electron chi connectivity index (χ3n) is 4.75. The number of hydrogen-bond donors (Lipinski definition) is 2. The maximum Gasteiger partial charge on any atom is 0.326 e. The van der Waals surface area contributed by atoms with Crippen LogP contribution in [0.1, 0.15) is 42.5 Å². The highest BCUT2D eigenvalue weighted by Crippen LogP contribution is 2.34. The first kappa shape index (κ1) is 17.2. The number of carbonyl (C=O) groups is 2. The summed E-state index contributed by atoms with van der Waals surface area (Å²) in [6, 6.07) is 3.37. The van der Waals surface area contributed by atoms with Crippen LogP contribution in [0.4, 0.5) is 11.4 Å². The maximum atomic E-state index is 12.4. The van der Waals surface area contributed by atoms with Crippen LogP contribution in [0, 0.1) is 16.0 Å². The quantitative estimate of drug-likeness (QED) is 0.577. The molecule has 1 aliphatic heterocycles. The molecule has 1 unspecified atom stereocenters. The van der Waals surface area contributed by atoms with Gasteiger partial charge in [-0.3, -0.25) is 14.9 Å². The number of benzene rings is 1. The van der Waals surface area contributed by atoms with Crippen LogP contribution in [0.3, 0.4) is 0 Å². The van der Waals surface area contributed by atoms with Gasteiger partial charge in [-0.15, -0.1) is 0 Å². The second-order valence-electron chi connectivity index (χ2n) is 6.70. The Morgan fingerprint density at radius 3 is 2.56 bits per heavy atom. The van der Waals surface area contributed by atoms with Gasteiger partial charge in [-0.1, -0.05) is 12.8 Å². The Kier molecular flexibility index (Phi) is 4.87. The van der Waals surface area contributed by atoms with Gasteiger partial charge in [0.1, 0.15) is 11.7 Å². The van der Waals surface area contributed by atoms with Gasteiger partial charge in [0.25, 0.3) is 11.6 Å². The third kappa shape index (κ3) is 4.07. The normalized spacial score (nSPS) is 18.0. The second-order valence-corrected chi connectivity index (χ2v) is 6.70. The number of nitrogens with zero attached hydrogens (tertiary/aromatic N) is 2. The molecule has 1 amide bonds. The van der Waals surface area contributed by atoms with Crippen LogP contribution < -0.4 is 10.2 Å². The Bertz CT molecular complexity index is 696. The standard InChI is InChI=1S/C17H21N3O5/c21-16(18-13(17(22)23)9-11-3-4-11)12-5-6-14(15(10-12)20(24)25)19-7-1-2-8-19/h5-6,10-11,13H,1-4,7-9H2,(H,18,21)(H,22,23). The van der Waals surface area contributed by atoms with Gasteiger partial charge in [-0.2, -0.15) is 0 Å². The molecule has 134 valence electrons. The summed E-state index contributed by atoms with van der Waals surface area (Å²) < 4.78 is 0. The average molecular weight is 347 g/mol. The number of rotatable bonds is 7. The molecule has 0 bridgehead atoms. The average Bonchev–Trinajstić information content (AvgIpc) is 3.23. The Labute approximate surface area is 145 Å². The van der Waals surface area contributed by atoms with Gasteiger partial charge in [0, 0.05) is 24.7 Å². The minimum Gasteiger partial charge on any atom is -0.480 e. The Hall–Kier alpha value is -2.64. The molecule has 8 heteroatoms. The van der Waals surface area contributed by atoms with E-state index in [2.05, 4.69) is 5.32 Å². The number of nitrogens with one attached hydrogen (secondary N) is 1. The first-order valence-electron chi connectivity index (χ1n) is 8.53. The van der Waals surface area contributed by atoms with E-state index < -0.39 is 22.8 Å². The van der Waals surface area contributed by atoms with Crippen LogP contribution in [0.5, 0.6) is 0 Å². The molecule has 0 aromatic heterocycles. The summed E-state index contributed by atoms with van der Waals surface area (Å²) in [5, 5.41) is 23.1. The van der Waals surface area contributed by atoms with Crippen LogP contribution in [0.2, 0.25) is 0 Å². The van der Waals surface area contributed by atoms with Gasteiger partial charge in [0.15, 0.2) is 0 Å². The second kappa shape index (κ2) is 7.08. The first-order chi connectivity index (χ1) is 12.0. The van der Waals surface area contributed by atoms with Gasteiger partial charge >= 0.3 is 5.97 Å². The molecular formula is C17H21N3O5. The number of nitro benzene ring substituents is 1. The summed E-state index contributed by atoms with van der Waals surface area (Å²) in [6.45, 7) is 1.52. The van der Waals surface area contributed by atoms with Crippen molar-refractivity contribution in [2.24, 2.45) is 5.92 Å². The highest BCUT2D eigenvalue weighted by molar-refractivity contribution is 5.97. The molecule has 1 heterocycles. The molecular weight excluding hydrogens is 326 g/mol. The number of anilines is 1. The molecule has 1 atom stereocenters. The van der Waals surface area contributed by atoms with Gasteiger partial charge in [-0.05, 0) is 37.3 Å². The largest absolute Gasteiger partial charge is 0.480 e. The fourth-order valence-electron chi connectivity index (χ4n) is 3.19. The molecule has 8 nitrogen and oxygen atoms in total. The summed E-state index contributed by atoms with van der Waals surface area (Å²) in [6.07, 6.45) is 4.34. The molecule has 2 fully saturated rings. The monoisotopic (exact) mass is 347 g/mol. The number of amides is 1. The predicted molar refractivity (Wildman–Crippen MR) is 90.8 cm³/mol. The molecule has 1 aromatic rings. The molecule has 1 saturated carbocycles. The highest BCUT2D eigenvalue weighted by Gasteiger charge is 2.31. The van der Waals surface area contributed by atoms with Crippen molar-refractivity contribution in [3.8, 4) is 0 Å². The number of carboxylic acids is 1. The van der Waals surface area contributed by atoms with Crippen molar-refractivity contribution in [2.75, 3.05) is 18.0 Å². The molecule has 2 N–H and O–H groups in total. The van der Waals surface area contributed by atoms with E-state index in [0.717, 1.165) is 38.8 Å². The number of carbonyl (C=O) groups excluding carboxylic acids is 1. The Balaban J connectivity index is 1.78. The molecule has 0 spiro atoms. The maximum absolute atomic E-state index is 12.4. The fraction of sp³-hybridized carbons (Fsp3) is 0.529. The van der Waals surface area contributed by atoms with Gasteiger partial charge in [0.05, 0.1) is 4.92 Å². The van der Waals surface area contributed by atoms with E-state index in [1.54, 1.807) is 6.07 Å². The molecule has 25 heavy (non-hydrogen) atoms. The Morgan fingerprint density at radius 2 is 2.00 bits per heavy atom. The topological polar surface area (TPSA) is 113 Å². The van der Waals surface area contributed by atoms with Crippen molar-refractivity contribution < 1.29 is 19.6 Å². The minimum absolute atomic E-state index is 0.108. The molecule has 1 aromatic carbocycles. The molecule has 3 rings (SSSR count). The molecule has 2 aliphatic rings. The van der Waals surface area contributed by atoms with E-state index >= 15 is 0 Å². The van der Waals surface area contributed by atoms with E-state index in [4.69, 9.17) is 0 Å². The van der Waals surface area contributed by atoms with E-state index in [1.165, 1.54) is 12.1 Å². The zero-order valence-electron chi connectivity index (χ0n) is 13.8. The zero-order chi connectivity index (χ0) is 18.0. The number of hydrogen-bond acceptors (Lipinski definition) is 5. The van der Waals surface area contributed by atoms with Crippen LogP contribution in [-0.2, 0) is 4.79 Å². The number of aliphatic carboxylic acids is 1. The van der Waals surface area contributed by atoms with Crippen molar-refractivity contribution in [3.05, 3.63) is 33.9 Å². The highest BCUT2D eigenvalue weighted by atomic mass is 16.6. The van der Waals surface area contributed by atoms with E-state index in [-0.39, 0.29) is 11.3 Å². The number of carboxylic acid groups (broad SMARTS) is 1. The molecule has 1 saturated heterocycles. The van der Waals surface area contributed by atoms with Crippen molar-refractivity contribution in [1.29, 1.82) is 0 Å². The summed E-state index contributed by atoms with van der Waals surface area (Å²) in [7, 11) is 0. The summed E-state index contributed by atoms with van der Waals surface area (Å²) in [5.74, 6) is -1.33. The van der Waals surface area contributed by atoms with Crippen molar-refractivity contribution >= 4 is 23.3 Å². The predicted octanol–water partition coefficient (Wildman–Crippen LogP) is 2.18. The Morgan fingerprint density at radius 1 is 1.32 bits per heavy atom. The van der Waals surface area contributed by atoms with E-state index in [0.29, 0.717) is 18.0 Å². The SMILES string of the molecule is O=C(NC(CC1CC1)C(=O)O)c1ccc(N2CCCC2)c([N+](=O)[O-])c1. The first-order valence-corrected chi connectivity index (χ1v) is 8.53. The van der Waals surface area contributed by atoms with Crippen molar-refractivity contribution in [1.82, 2.24) is 5.32 Å². The van der Waals surface area contributed by atoms with Gasteiger partial charge < -0.3 is 15.3 Å². The lowest BCUT2D eigenvalue weighted by Gasteiger charge is -2.18. The lowest BCUT2D eigenvalue weighted by Crippen LogP contribution is -2.41. The van der Waals surface area contributed by atoms with Gasteiger partial charge in [-0.25, -0.2) is 4.79 Å². The summed E-state index contributed by atoms with van der Waals surface area (Å²) >= 11 is 0. The van der Waals surface area contributed by atoms with Crippen molar-refractivity contribution in [2.45, 2.75) is 38.1 Å². The zero-order valence-corrected chi connectivity index (χ0v) is 13.8. The minimum atomic E-state index is -1.08. The van der Waals surface area contributed by atoms with Gasteiger partial charge in [0.2, 0.25) is 0 Å². The molecule has 1 aliphatic carbocycles. The lowest BCUT2D eigenvalue weighted by molar-refractivity contribution is -0.384. The smallest absolute Gasteiger partial charge is 0.326 e. The third-order valence-corrected chi connectivity index (χ3v) is 4.75.